The van der Waals surface area contributed by atoms with Crippen LogP contribution < -0.4 is 0 Å². The fourth-order valence-corrected chi connectivity index (χ4v) is 4.52. The topological polar surface area (TPSA) is 38.9 Å². The Morgan fingerprint density at radius 2 is 1.50 bits per heavy atom. The molecular formula is C29H22N2O. The van der Waals surface area contributed by atoms with Crippen LogP contribution >= 0.6 is 0 Å². The van der Waals surface area contributed by atoms with Crippen LogP contribution in [0.1, 0.15) is 29.0 Å². The van der Waals surface area contributed by atoms with Gasteiger partial charge in [-0.15, -0.1) is 0 Å². The lowest BCUT2D eigenvalue weighted by Gasteiger charge is -2.14. The Bertz CT molecular complexity index is 1460. The zero-order chi connectivity index (χ0) is 21.5. The van der Waals surface area contributed by atoms with E-state index in [1.807, 2.05) is 49.4 Å². The molecule has 3 aromatic carbocycles. The van der Waals surface area contributed by atoms with Crippen molar-refractivity contribution in [3.05, 3.63) is 114 Å². The standard InChI is InChI=1S/C29H22N2O/c1-19-18-26(31-29(30-19)22-8-3-2-4-9-22)21-16-14-20(15-17-21)23-11-7-12-25-24-10-5-6-13-27(24)32-28(23)25/h2-6,8-11,13-18H,7,12H2,1H3. The molecule has 154 valence electrons. The van der Waals surface area contributed by atoms with Crippen molar-refractivity contribution >= 4 is 16.5 Å². The predicted molar refractivity (Wildman–Crippen MR) is 129 cm³/mol. The quantitative estimate of drug-likeness (QED) is 0.312. The molecule has 0 atom stereocenters. The molecule has 0 bridgehead atoms. The molecule has 0 amide bonds. The van der Waals surface area contributed by atoms with Crippen molar-refractivity contribution in [3.8, 4) is 22.6 Å². The van der Waals surface area contributed by atoms with Crippen molar-refractivity contribution in [2.24, 2.45) is 0 Å². The molecule has 6 rings (SSSR count). The molecule has 5 aromatic rings. The normalized spacial score (nSPS) is 13.1. The second kappa shape index (κ2) is 7.61. The molecule has 3 nitrogen and oxygen atoms in total. The van der Waals surface area contributed by atoms with Gasteiger partial charge in [-0.25, -0.2) is 9.97 Å². The van der Waals surface area contributed by atoms with E-state index in [0.717, 1.165) is 52.5 Å². The van der Waals surface area contributed by atoms with Crippen molar-refractivity contribution < 1.29 is 4.42 Å². The first-order valence-corrected chi connectivity index (χ1v) is 11.0. The largest absolute Gasteiger partial charge is 0.456 e. The SMILES string of the molecule is Cc1cc(-c2ccc(C3=CCCc4c3oc3ccccc43)cc2)nc(-c2ccccc2)n1. The summed E-state index contributed by atoms with van der Waals surface area (Å²) >= 11 is 0. The summed E-state index contributed by atoms with van der Waals surface area (Å²) in [5, 5.41) is 1.23. The zero-order valence-electron chi connectivity index (χ0n) is 17.9. The molecular weight excluding hydrogens is 392 g/mol. The van der Waals surface area contributed by atoms with Gasteiger partial charge < -0.3 is 4.42 Å². The third-order valence-corrected chi connectivity index (χ3v) is 6.06. The first kappa shape index (κ1) is 18.8. The molecule has 2 heterocycles. The lowest BCUT2D eigenvalue weighted by molar-refractivity contribution is 0.591. The number of aromatic nitrogens is 2. The van der Waals surface area contributed by atoms with Gasteiger partial charge in [0.25, 0.3) is 0 Å². The van der Waals surface area contributed by atoms with Gasteiger partial charge in [0.2, 0.25) is 0 Å². The van der Waals surface area contributed by atoms with Crippen LogP contribution in [0.3, 0.4) is 0 Å². The van der Waals surface area contributed by atoms with Crippen LogP contribution in [0, 0.1) is 6.92 Å². The van der Waals surface area contributed by atoms with Crippen LogP contribution in [-0.4, -0.2) is 9.97 Å². The van der Waals surface area contributed by atoms with Crippen LogP contribution in [0.5, 0.6) is 0 Å². The second-order valence-electron chi connectivity index (χ2n) is 8.22. The highest BCUT2D eigenvalue weighted by atomic mass is 16.3. The number of furan rings is 1. The zero-order valence-corrected chi connectivity index (χ0v) is 17.9. The van der Waals surface area contributed by atoms with E-state index in [9.17, 15) is 0 Å². The number of allylic oxidation sites excluding steroid dienone is 1. The summed E-state index contributed by atoms with van der Waals surface area (Å²) in [5.74, 6) is 1.76. The van der Waals surface area contributed by atoms with Crippen molar-refractivity contribution in [1.82, 2.24) is 9.97 Å². The Hall–Kier alpha value is -3.98. The van der Waals surface area contributed by atoms with E-state index >= 15 is 0 Å². The average Bonchev–Trinajstić information content (AvgIpc) is 3.23. The van der Waals surface area contributed by atoms with Crippen LogP contribution in [0.2, 0.25) is 0 Å². The smallest absolute Gasteiger partial charge is 0.160 e. The summed E-state index contributed by atoms with van der Waals surface area (Å²) in [5.41, 5.74) is 8.63. The number of hydrogen-bond acceptors (Lipinski definition) is 3. The number of fused-ring (bicyclic) bond motifs is 3. The molecule has 32 heavy (non-hydrogen) atoms. The molecule has 0 saturated heterocycles. The Balaban J connectivity index is 1.37. The van der Waals surface area contributed by atoms with Gasteiger partial charge in [-0.3, -0.25) is 0 Å². The highest BCUT2D eigenvalue weighted by molar-refractivity contribution is 5.91. The maximum atomic E-state index is 6.26. The Kier molecular flexibility index (Phi) is 4.46. The predicted octanol–water partition coefficient (Wildman–Crippen LogP) is 7.24. The van der Waals surface area contributed by atoms with Gasteiger partial charge in [0.1, 0.15) is 11.3 Å². The molecule has 1 aliphatic rings. The number of nitrogens with zero attached hydrogens (tertiary/aromatic N) is 2. The van der Waals surface area contributed by atoms with Crippen LogP contribution in [-0.2, 0) is 6.42 Å². The van der Waals surface area contributed by atoms with E-state index in [1.165, 1.54) is 22.1 Å². The van der Waals surface area contributed by atoms with Crippen LogP contribution in [0.4, 0.5) is 0 Å². The number of para-hydroxylation sites is 1. The average molecular weight is 415 g/mol. The minimum absolute atomic E-state index is 0.756. The van der Waals surface area contributed by atoms with Gasteiger partial charge in [0.05, 0.1) is 5.69 Å². The molecule has 0 unspecified atom stereocenters. The number of aryl methyl sites for hydroxylation is 2. The minimum Gasteiger partial charge on any atom is -0.456 e. The summed E-state index contributed by atoms with van der Waals surface area (Å²) in [7, 11) is 0. The molecule has 0 aliphatic heterocycles. The molecule has 1 aliphatic carbocycles. The molecule has 3 heteroatoms. The maximum absolute atomic E-state index is 6.26. The summed E-state index contributed by atoms with van der Waals surface area (Å²) in [4.78, 5) is 9.47. The fourth-order valence-electron chi connectivity index (χ4n) is 4.52. The molecule has 0 N–H and O–H groups in total. The number of benzene rings is 3. The monoisotopic (exact) mass is 414 g/mol. The highest BCUT2D eigenvalue weighted by Gasteiger charge is 2.21. The van der Waals surface area contributed by atoms with Gasteiger partial charge in [-0.2, -0.15) is 0 Å². The van der Waals surface area contributed by atoms with Crippen molar-refractivity contribution in [1.29, 1.82) is 0 Å². The van der Waals surface area contributed by atoms with Gasteiger partial charge in [0, 0.05) is 33.3 Å². The van der Waals surface area contributed by atoms with E-state index in [1.54, 1.807) is 0 Å². The van der Waals surface area contributed by atoms with Crippen LogP contribution in [0.15, 0.2) is 95.4 Å². The van der Waals surface area contributed by atoms with E-state index in [0.29, 0.717) is 0 Å². The third kappa shape index (κ3) is 3.23. The van der Waals surface area contributed by atoms with E-state index < -0.39 is 0 Å². The summed E-state index contributed by atoms with van der Waals surface area (Å²) in [6, 6.07) is 29.1. The van der Waals surface area contributed by atoms with Gasteiger partial charge in [-0.1, -0.05) is 78.9 Å². The number of rotatable bonds is 3. The maximum Gasteiger partial charge on any atom is 0.160 e. The first-order chi connectivity index (χ1) is 15.8. The summed E-state index contributed by atoms with van der Waals surface area (Å²) in [6.07, 6.45) is 4.34. The highest BCUT2D eigenvalue weighted by Crippen LogP contribution is 2.38. The molecule has 2 aromatic heterocycles. The van der Waals surface area contributed by atoms with E-state index in [-0.39, 0.29) is 0 Å². The van der Waals surface area contributed by atoms with Crippen molar-refractivity contribution in [2.45, 2.75) is 19.8 Å². The van der Waals surface area contributed by atoms with Gasteiger partial charge in [0.15, 0.2) is 5.82 Å². The minimum atomic E-state index is 0.756. The number of hydrogen-bond donors (Lipinski definition) is 0. The molecule has 0 radical (unpaired) electrons. The van der Waals surface area contributed by atoms with E-state index in [2.05, 4.69) is 53.5 Å². The first-order valence-electron chi connectivity index (χ1n) is 11.0. The third-order valence-electron chi connectivity index (χ3n) is 6.06. The Morgan fingerprint density at radius 1 is 0.750 bits per heavy atom. The Labute approximate surface area is 187 Å². The van der Waals surface area contributed by atoms with Crippen molar-refractivity contribution in [2.75, 3.05) is 0 Å². The molecule has 0 saturated carbocycles. The van der Waals surface area contributed by atoms with Gasteiger partial charge in [-0.05, 0) is 37.5 Å². The molecule has 0 spiro atoms. The molecule has 0 fully saturated rings. The Morgan fingerprint density at radius 3 is 2.34 bits per heavy atom. The second-order valence-corrected chi connectivity index (χ2v) is 8.22. The summed E-state index contributed by atoms with van der Waals surface area (Å²) < 4.78 is 6.26. The lowest BCUT2D eigenvalue weighted by Crippen LogP contribution is -1.98. The van der Waals surface area contributed by atoms with E-state index in [4.69, 9.17) is 9.40 Å². The van der Waals surface area contributed by atoms with Crippen molar-refractivity contribution in [3.63, 3.8) is 0 Å². The van der Waals surface area contributed by atoms with Crippen LogP contribution in [0.25, 0.3) is 39.2 Å². The lowest BCUT2D eigenvalue weighted by atomic mass is 9.91. The van der Waals surface area contributed by atoms with Gasteiger partial charge >= 0.3 is 0 Å². The summed E-state index contributed by atoms with van der Waals surface area (Å²) in [6.45, 7) is 2.02. The fraction of sp³-hybridized carbons (Fsp3) is 0.103.